The maximum absolute atomic E-state index is 11.2. The van der Waals surface area contributed by atoms with E-state index in [1.165, 1.54) is 22.4 Å². The second-order valence-corrected chi connectivity index (χ2v) is 15.2. The van der Waals surface area contributed by atoms with Gasteiger partial charge in [0.05, 0.1) is 6.61 Å². The Morgan fingerprint density at radius 1 is 0.533 bits per heavy atom. The van der Waals surface area contributed by atoms with Crippen molar-refractivity contribution in [1.29, 1.82) is 0 Å². The van der Waals surface area contributed by atoms with Crippen molar-refractivity contribution in [3.8, 4) is 33.8 Å². The van der Waals surface area contributed by atoms with Crippen LogP contribution in [0.25, 0.3) is 22.3 Å². The van der Waals surface area contributed by atoms with Crippen LogP contribution in [0.15, 0.2) is 176 Å². The van der Waals surface area contributed by atoms with Gasteiger partial charge < -0.3 is 14.7 Å². The van der Waals surface area contributed by atoms with E-state index in [1.807, 2.05) is 164 Å². The van der Waals surface area contributed by atoms with Crippen LogP contribution in [-0.4, -0.2) is 25.3 Å². The zero-order valence-corrected chi connectivity index (χ0v) is 40.0. The molecule has 0 amide bonds. The molecule has 7 aromatic carbocycles. The zero-order valence-electron chi connectivity index (χ0n) is 36.4. The van der Waals surface area contributed by atoms with Gasteiger partial charge in [0.15, 0.2) is 0 Å². The molecule has 0 saturated carbocycles. The average molecular weight is 960 g/mol. The van der Waals surface area contributed by atoms with Crippen LogP contribution in [0.1, 0.15) is 79.3 Å². The molecular formula is C56H62HfNO2+. The first kappa shape index (κ1) is 48.8. The molecule has 7 rings (SSSR count). The van der Waals surface area contributed by atoms with Crippen molar-refractivity contribution < 1.29 is 35.7 Å². The summed E-state index contributed by atoms with van der Waals surface area (Å²) >= 11 is 0. The van der Waals surface area contributed by atoms with Gasteiger partial charge in [-0.25, -0.2) is 0 Å². The summed E-state index contributed by atoms with van der Waals surface area (Å²) in [6.07, 6.45) is 0.893. The SMILES string of the molecule is Cc1cc(C(C)C)c(N(C)CCCOc2ccccc2-c2cccc(-c3ccccc3)c2O)c(C(C)C)c1.[CH2-]c1ccccc1.[CH2-]c1ccccc1.[CH2-]c1ccccc1.[Hf+4]. The van der Waals surface area contributed by atoms with Crippen molar-refractivity contribution in [3.05, 3.63) is 230 Å². The first-order valence-electron chi connectivity index (χ1n) is 20.5. The summed E-state index contributed by atoms with van der Waals surface area (Å²) < 4.78 is 6.32. The number of phenols is 1. The summed E-state index contributed by atoms with van der Waals surface area (Å²) in [5, 5.41) is 11.2. The maximum atomic E-state index is 11.2. The molecular weight excluding hydrogens is 897 g/mol. The van der Waals surface area contributed by atoms with Gasteiger partial charge in [0.1, 0.15) is 11.5 Å². The fraction of sp³-hybridized carbons (Fsp3) is 0.196. The molecule has 7 aromatic rings. The molecule has 0 fully saturated rings. The van der Waals surface area contributed by atoms with Gasteiger partial charge in [0, 0.05) is 36.0 Å². The van der Waals surface area contributed by atoms with E-state index in [4.69, 9.17) is 4.74 Å². The Hall–Kier alpha value is -5.58. The fourth-order valence-electron chi connectivity index (χ4n) is 6.61. The Balaban J connectivity index is 0.000000350. The van der Waals surface area contributed by atoms with Crippen molar-refractivity contribution in [2.75, 3.05) is 25.1 Å². The zero-order chi connectivity index (χ0) is 42.6. The molecule has 60 heavy (non-hydrogen) atoms. The molecule has 3 nitrogen and oxygen atoms in total. The molecule has 4 heteroatoms. The molecule has 0 aliphatic carbocycles. The van der Waals surface area contributed by atoms with E-state index in [9.17, 15) is 5.11 Å². The van der Waals surface area contributed by atoms with Crippen LogP contribution in [0.4, 0.5) is 5.69 Å². The molecule has 0 heterocycles. The van der Waals surface area contributed by atoms with E-state index in [2.05, 4.69) is 79.5 Å². The number of ether oxygens (including phenoxy) is 1. The van der Waals surface area contributed by atoms with Gasteiger partial charge in [-0.2, -0.15) is 73.9 Å². The predicted octanol–water partition coefficient (Wildman–Crippen LogP) is 14.8. The van der Waals surface area contributed by atoms with Crippen molar-refractivity contribution in [1.82, 2.24) is 0 Å². The number of para-hydroxylation sites is 2. The molecule has 0 aliphatic rings. The second kappa shape index (κ2) is 25.8. The van der Waals surface area contributed by atoms with Gasteiger partial charge in [-0.05, 0) is 47.9 Å². The van der Waals surface area contributed by atoms with Crippen molar-refractivity contribution in [2.24, 2.45) is 0 Å². The first-order chi connectivity index (χ1) is 28.5. The molecule has 0 unspecified atom stereocenters. The number of nitrogens with zero attached hydrogens (tertiary/aromatic N) is 1. The Labute approximate surface area is 380 Å². The van der Waals surface area contributed by atoms with E-state index in [0.717, 1.165) is 57.7 Å². The Morgan fingerprint density at radius 2 is 0.933 bits per heavy atom. The minimum Gasteiger partial charge on any atom is -0.507 e. The fourth-order valence-corrected chi connectivity index (χ4v) is 6.61. The molecule has 1 N–H and O–H groups in total. The number of hydrogen-bond donors (Lipinski definition) is 1. The third kappa shape index (κ3) is 15.5. The van der Waals surface area contributed by atoms with Crippen LogP contribution in [0, 0.1) is 27.7 Å². The molecule has 0 radical (unpaired) electrons. The van der Waals surface area contributed by atoms with Gasteiger partial charge in [-0.15, -0.1) is 36.4 Å². The van der Waals surface area contributed by atoms with Gasteiger partial charge in [0.2, 0.25) is 0 Å². The second-order valence-electron chi connectivity index (χ2n) is 15.2. The number of phenolic OH excluding ortho intramolecular Hbond substituents is 1. The molecule has 0 bridgehead atoms. The van der Waals surface area contributed by atoms with Crippen LogP contribution in [0.2, 0.25) is 0 Å². The average Bonchev–Trinajstić information content (AvgIpc) is 3.24. The van der Waals surface area contributed by atoms with Crippen LogP contribution in [0.3, 0.4) is 0 Å². The number of aryl methyl sites for hydroxylation is 1. The maximum Gasteiger partial charge on any atom is 4.00 e. The Kier molecular flexibility index (Phi) is 21.0. The van der Waals surface area contributed by atoms with Crippen molar-refractivity contribution >= 4 is 5.69 Å². The number of aromatic hydroxyl groups is 1. The normalized spacial score (nSPS) is 10.1. The molecule has 0 spiro atoms. The third-order valence-corrected chi connectivity index (χ3v) is 9.66. The largest absolute Gasteiger partial charge is 4.00 e. The number of benzene rings is 7. The van der Waals surface area contributed by atoms with E-state index >= 15 is 0 Å². The minimum atomic E-state index is 0. The summed E-state index contributed by atoms with van der Waals surface area (Å²) in [5.41, 5.74) is 12.2. The Morgan fingerprint density at radius 3 is 1.37 bits per heavy atom. The van der Waals surface area contributed by atoms with Crippen LogP contribution in [-0.2, 0) is 25.8 Å². The van der Waals surface area contributed by atoms with Crippen LogP contribution in [0.5, 0.6) is 11.5 Å². The molecule has 0 aliphatic heterocycles. The van der Waals surface area contributed by atoms with E-state index in [0.29, 0.717) is 18.4 Å². The summed E-state index contributed by atoms with van der Waals surface area (Å²) in [6.45, 7) is 24.0. The van der Waals surface area contributed by atoms with Gasteiger partial charge in [0.25, 0.3) is 0 Å². The van der Waals surface area contributed by atoms with Crippen molar-refractivity contribution in [3.63, 3.8) is 0 Å². The third-order valence-electron chi connectivity index (χ3n) is 9.66. The van der Waals surface area contributed by atoms with E-state index in [1.54, 1.807) is 0 Å². The van der Waals surface area contributed by atoms with Crippen LogP contribution < -0.4 is 9.64 Å². The van der Waals surface area contributed by atoms with Gasteiger partial charge >= 0.3 is 25.8 Å². The molecule has 306 valence electrons. The molecule has 0 aromatic heterocycles. The van der Waals surface area contributed by atoms with Crippen molar-refractivity contribution in [2.45, 2.75) is 52.9 Å². The summed E-state index contributed by atoms with van der Waals surface area (Å²) in [6, 6.07) is 58.2. The molecule has 0 atom stereocenters. The quantitative estimate of drug-likeness (QED) is 0.0842. The summed E-state index contributed by atoms with van der Waals surface area (Å²) in [4.78, 5) is 2.40. The number of hydrogen-bond acceptors (Lipinski definition) is 3. The van der Waals surface area contributed by atoms with E-state index in [-0.39, 0.29) is 31.6 Å². The van der Waals surface area contributed by atoms with E-state index < -0.39 is 0 Å². The first-order valence-corrected chi connectivity index (χ1v) is 20.5. The number of anilines is 1. The number of rotatable bonds is 10. The monoisotopic (exact) mass is 960 g/mol. The van der Waals surface area contributed by atoms with Gasteiger partial charge in [-0.1, -0.05) is 130 Å². The van der Waals surface area contributed by atoms with Gasteiger partial charge in [-0.3, -0.25) is 0 Å². The minimum absolute atomic E-state index is 0. The predicted molar refractivity (Wildman–Crippen MR) is 254 cm³/mol. The Bertz CT molecular complexity index is 2120. The summed E-state index contributed by atoms with van der Waals surface area (Å²) in [5.74, 6) is 1.99. The summed E-state index contributed by atoms with van der Waals surface area (Å²) in [7, 11) is 2.20. The molecule has 0 saturated heterocycles. The smallest absolute Gasteiger partial charge is 0.507 e. The standard InChI is InChI=1S/C35H41NO2.3C7H7.Hf/c1-24(2)31-22-26(5)23-32(25(3)4)34(31)36(6)20-13-21-38-33-19-11-10-16-29(33)30-18-12-17-28(35(30)37)27-14-8-7-9-15-27;3*1-7-5-3-2-4-6-7;/h7-12,14-19,22-25,37H,13,20-21H2,1-6H3;3*2-6H,1H2;/q;3*-1;+4. The van der Waals surface area contributed by atoms with Crippen LogP contribution >= 0.6 is 0 Å². The topological polar surface area (TPSA) is 32.7 Å².